The monoisotopic (exact) mass is 202 g/mol. The van der Waals surface area contributed by atoms with E-state index in [-0.39, 0.29) is 25.0 Å². The largest absolute Gasteiger partial charge is 0.480 e. The van der Waals surface area contributed by atoms with Gasteiger partial charge in [-0.2, -0.15) is 0 Å². The summed E-state index contributed by atoms with van der Waals surface area (Å²) in [5.74, 6) is -0.995. The Morgan fingerprint density at radius 3 is 2.00 bits per heavy atom. The first kappa shape index (κ1) is 12.9. The van der Waals surface area contributed by atoms with Crippen LogP contribution in [0.15, 0.2) is 0 Å². The molecular weight excluding hydrogens is 184 g/mol. The van der Waals surface area contributed by atoms with E-state index in [1.54, 1.807) is 19.0 Å². The topological polar surface area (TPSA) is 60.9 Å². The van der Waals surface area contributed by atoms with Crippen molar-refractivity contribution in [1.82, 2.24) is 9.80 Å². The number of carboxylic acid groups (broad SMARTS) is 1. The van der Waals surface area contributed by atoms with Crippen molar-refractivity contribution in [2.75, 3.05) is 27.2 Å². The van der Waals surface area contributed by atoms with E-state index in [2.05, 4.69) is 0 Å². The van der Waals surface area contributed by atoms with Crippen molar-refractivity contribution in [2.24, 2.45) is 0 Å². The molecule has 5 nitrogen and oxygen atoms in total. The molecule has 0 aromatic carbocycles. The summed E-state index contributed by atoms with van der Waals surface area (Å²) in [7, 11) is 3.31. The van der Waals surface area contributed by atoms with E-state index in [0.29, 0.717) is 0 Å². The summed E-state index contributed by atoms with van der Waals surface area (Å²) < 4.78 is 0. The van der Waals surface area contributed by atoms with Gasteiger partial charge in [-0.05, 0) is 13.8 Å². The lowest BCUT2D eigenvalue weighted by molar-refractivity contribution is -0.140. The number of nitrogens with zero attached hydrogens (tertiary/aromatic N) is 2. The van der Waals surface area contributed by atoms with Crippen molar-refractivity contribution in [3.8, 4) is 0 Å². The van der Waals surface area contributed by atoms with E-state index in [1.807, 2.05) is 13.8 Å². The number of hydrogen-bond acceptors (Lipinski definition) is 3. The summed E-state index contributed by atoms with van der Waals surface area (Å²) in [5, 5.41) is 8.62. The molecule has 0 heterocycles. The minimum absolute atomic E-state index is 0.0509. The van der Waals surface area contributed by atoms with Crippen LogP contribution in [0.1, 0.15) is 13.8 Å². The molecule has 0 aliphatic heterocycles. The lowest BCUT2D eigenvalue weighted by Crippen LogP contribution is -2.42. The van der Waals surface area contributed by atoms with Gasteiger partial charge in [-0.3, -0.25) is 14.5 Å². The van der Waals surface area contributed by atoms with Gasteiger partial charge in [-0.15, -0.1) is 0 Å². The Morgan fingerprint density at radius 1 is 1.21 bits per heavy atom. The second-order valence-corrected chi connectivity index (χ2v) is 3.68. The molecule has 1 N–H and O–H groups in total. The minimum Gasteiger partial charge on any atom is -0.480 e. The summed E-state index contributed by atoms with van der Waals surface area (Å²) >= 11 is 0. The summed E-state index contributed by atoms with van der Waals surface area (Å²) in [4.78, 5) is 24.9. The number of carboxylic acids is 1. The second-order valence-electron chi connectivity index (χ2n) is 3.68. The lowest BCUT2D eigenvalue weighted by atomic mass is 10.3. The number of amides is 1. The first-order valence-corrected chi connectivity index (χ1v) is 4.50. The standard InChI is InChI=1S/C9H18N2O3/c1-7(2)11(6-9(13)14)5-8(12)10(3)4/h7H,5-6H2,1-4H3,(H,13,14). The van der Waals surface area contributed by atoms with Crippen LogP contribution in [0.25, 0.3) is 0 Å². The van der Waals surface area contributed by atoms with Gasteiger partial charge in [0.15, 0.2) is 0 Å². The number of likely N-dealkylation sites (N-methyl/N-ethyl adjacent to an activating group) is 1. The zero-order chi connectivity index (χ0) is 11.3. The van der Waals surface area contributed by atoms with Gasteiger partial charge in [0, 0.05) is 20.1 Å². The molecular formula is C9H18N2O3. The van der Waals surface area contributed by atoms with E-state index < -0.39 is 5.97 Å². The van der Waals surface area contributed by atoms with Crippen molar-refractivity contribution in [2.45, 2.75) is 19.9 Å². The molecule has 0 fully saturated rings. The number of carbonyl (C=O) groups excluding carboxylic acids is 1. The number of rotatable bonds is 5. The van der Waals surface area contributed by atoms with Gasteiger partial charge in [0.05, 0.1) is 13.1 Å². The van der Waals surface area contributed by atoms with Gasteiger partial charge in [0.1, 0.15) is 0 Å². The van der Waals surface area contributed by atoms with Crippen LogP contribution in [0.4, 0.5) is 0 Å². The van der Waals surface area contributed by atoms with Gasteiger partial charge >= 0.3 is 5.97 Å². The third-order valence-corrected chi connectivity index (χ3v) is 1.91. The molecule has 0 aliphatic carbocycles. The Labute approximate surface area is 84.3 Å². The van der Waals surface area contributed by atoms with Crippen molar-refractivity contribution >= 4 is 11.9 Å². The number of carbonyl (C=O) groups is 2. The van der Waals surface area contributed by atoms with Crippen molar-refractivity contribution < 1.29 is 14.7 Å². The van der Waals surface area contributed by atoms with E-state index >= 15 is 0 Å². The third-order valence-electron chi connectivity index (χ3n) is 1.91. The Morgan fingerprint density at radius 2 is 1.71 bits per heavy atom. The smallest absolute Gasteiger partial charge is 0.317 e. The molecule has 1 amide bonds. The summed E-state index contributed by atoms with van der Waals surface area (Å²) in [6.07, 6.45) is 0. The average molecular weight is 202 g/mol. The fourth-order valence-corrected chi connectivity index (χ4v) is 0.910. The van der Waals surface area contributed by atoms with Crippen LogP contribution in [0.5, 0.6) is 0 Å². The Bertz CT molecular complexity index is 214. The Hall–Kier alpha value is -1.10. The van der Waals surface area contributed by atoms with Crippen molar-refractivity contribution in [3.05, 3.63) is 0 Å². The van der Waals surface area contributed by atoms with Gasteiger partial charge in [-0.25, -0.2) is 0 Å². The average Bonchev–Trinajstić information content (AvgIpc) is 2.01. The molecule has 0 saturated carbocycles. The fourth-order valence-electron chi connectivity index (χ4n) is 0.910. The maximum Gasteiger partial charge on any atom is 0.317 e. The predicted octanol–water partition coefficient (Wildman–Crippen LogP) is -0.130. The zero-order valence-electron chi connectivity index (χ0n) is 9.15. The molecule has 0 bridgehead atoms. The van der Waals surface area contributed by atoms with Crippen LogP contribution in [0.2, 0.25) is 0 Å². The molecule has 0 aromatic rings. The van der Waals surface area contributed by atoms with Crippen LogP contribution in [-0.4, -0.2) is 60.0 Å². The molecule has 0 rings (SSSR count). The molecule has 82 valence electrons. The highest BCUT2D eigenvalue weighted by Gasteiger charge is 2.17. The molecule has 0 radical (unpaired) electrons. The summed E-state index contributed by atoms with van der Waals surface area (Å²) in [5.41, 5.74) is 0. The van der Waals surface area contributed by atoms with Crippen molar-refractivity contribution in [3.63, 3.8) is 0 Å². The van der Waals surface area contributed by atoms with E-state index in [4.69, 9.17) is 5.11 Å². The molecule has 0 atom stereocenters. The van der Waals surface area contributed by atoms with E-state index in [0.717, 1.165) is 0 Å². The lowest BCUT2D eigenvalue weighted by Gasteiger charge is -2.25. The highest BCUT2D eigenvalue weighted by Crippen LogP contribution is 1.98. The first-order chi connectivity index (χ1) is 6.34. The SMILES string of the molecule is CC(C)N(CC(=O)O)CC(=O)N(C)C. The summed E-state index contributed by atoms with van der Waals surface area (Å²) in [6.45, 7) is 3.78. The van der Waals surface area contributed by atoms with Crippen LogP contribution < -0.4 is 0 Å². The van der Waals surface area contributed by atoms with Gasteiger partial charge in [0.25, 0.3) is 0 Å². The van der Waals surface area contributed by atoms with Crippen LogP contribution in [0, 0.1) is 0 Å². The van der Waals surface area contributed by atoms with E-state index in [1.165, 1.54) is 4.90 Å². The normalized spacial score (nSPS) is 10.7. The van der Waals surface area contributed by atoms with Gasteiger partial charge in [-0.1, -0.05) is 0 Å². The fraction of sp³-hybridized carbons (Fsp3) is 0.778. The van der Waals surface area contributed by atoms with Crippen LogP contribution in [-0.2, 0) is 9.59 Å². The molecule has 14 heavy (non-hydrogen) atoms. The highest BCUT2D eigenvalue weighted by molar-refractivity contribution is 5.78. The molecule has 0 aliphatic rings. The Kier molecular flexibility index (Phi) is 5.15. The summed E-state index contributed by atoms with van der Waals surface area (Å²) in [6, 6.07) is 0.0509. The Balaban J connectivity index is 4.23. The zero-order valence-corrected chi connectivity index (χ0v) is 9.15. The van der Waals surface area contributed by atoms with Crippen LogP contribution >= 0.6 is 0 Å². The maximum absolute atomic E-state index is 11.3. The second kappa shape index (κ2) is 5.59. The number of aliphatic carboxylic acids is 1. The van der Waals surface area contributed by atoms with Gasteiger partial charge < -0.3 is 10.0 Å². The first-order valence-electron chi connectivity index (χ1n) is 4.50. The third kappa shape index (κ3) is 4.81. The number of hydrogen-bond donors (Lipinski definition) is 1. The quantitative estimate of drug-likeness (QED) is 0.674. The molecule has 0 aromatic heterocycles. The minimum atomic E-state index is -0.912. The molecule has 0 saturated heterocycles. The maximum atomic E-state index is 11.3. The molecule has 0 unspecified atom stereocenters. The van der Waals surface area contributed by atoms with Crippen molar-refractivity contribution in [1.29, 1.82) is 0 Å². The molecule has 5 heteroatoms. The predicted molar refractivity (Wildman–Crippen MR) is 53.0 cm³/mol. The molecule has 0 spiro atoms. The van der Waals surface area contributed by atoms with Crippen LogP contribution in [0.3, 0.4) is 0 Å². The van der Waals surface area contributed by atoms with Gasteiger partial charge in [0.2, 0.25) is 5.91 Å². The van der Waals surface area contributed by atoms with E-state index in [9.17, 15) is 9.59 Å². The highest BCUT2D eigenvalue weighted by atomic mass is 16.4.